The lowest BCUT2D eigenvalue weighted by Crippen LogP contribution is -2.46. The smallest absolute Gasteiger partial charge is 0.337 e. The molecule has 1 aliphatic rings. The number of sulfonamides is 1. The van der Waals surface area contributed by atoms with Gasteiger partial charge in [0, 0.05) is 12.6 Å². The van der Waals surface area contributed by atoms with E-state index in [9.17, 15) is 13.2 Å². The first-order valence-electron chi connectivity index (χ1n) is 7.90. The second-order valence-corrected chi connectivity index (χ2v) is 7.93. The topological polar surface area (TPSA) is 89.7 Å². The van der Waals surface area contributed by atoms with Crippen molar-refractivity contribution < 1.29 is 17.9 Å². The number of benzene rings is 2. The summed E-state index contributed by atoms with van der Waals surface area (Å²) in [5.74, 6) is -0.577. The number of ether oxygens (including phenoxy) is 1. The van der Waals surface area contributed by atoms with E-state index >= 15 is 0 Å². The highest BCUT2D eigenvalue weighted by Crippen LogP contribution is 2.32. The fraction of sp³-hybridized carbons (Fsp3) is 0.278. The van der Waals surface area contributed by atoms with Gasteiger partial charge in [0.15, 0.2) is 0 Å². The Kier molecular flexibility index (Phi) is 4.53. The van der Waals surface area contributed by atoms with E-state index in [4.69, 9.17) is 10.5 Å². The van der Waals surface area contributed by atoms with Crippen LogP contribution in [0.15, 0.2) is 47.4 Å². The van der Waals surface area contributed by atoms with Crippen LogP contribution >= 0.6 is 0 Å². The molecule has 0 fully saturated rings. The molecule has 2 aromatic carbocycles. The predicted molar refractivity (Wildman–Crippen MR) is 95.2 cm³/mol. The molecular formula is C18H20N2O4S. The quantitative estimate of drug-likeness (QED) is 0.844. The Bertz CT molecular complexity index is 924. The SMILES string of the molecule is COC(=O)c1ccc(C)c(S(=O)(=O)N2CC(N)Cc3ccccc32)c1. The maximum atomic E-state index is 13.3. The molecule has 1 heterocycles. The standard InChI is InChI=1S/C18H20N2O4S/c1-12-7-8-14(18(21)24-2)10-17(12)25(22,23)20-11-15(19)9-13-5-3-4-6-16(13)20/h3-8,10,15H,9,11,19H2,1-2H3. The zero-order valence-corrected chi connectivity index (χ0v) is 14.9. The molecule has 0 radical (unpaired) electrons. The molecule has 2 aromatic rings. The van der Waals surface area contributed by atoms with E-state index in [1.807, 2.05) is 12.1 Å². The van der Waals surface area contributed by atoms with E-state index in [1.54, 1.807) is 31.2 Å². The van der Waals surface area contributed by atoms with Crippen molar-refractivity contribution in [2.45, 2.75) is 24.3 Å². The summed E-state index contributed by atoms with van der Waals surface area (Å²) in [4.78, 5) is 11.9. The lowest BCUT2D eigenvalue weighted by molar-refractivity contribution is 0.0600. The van der Waals surface area contributed by atoms with Gasteiger partial charge < -0.3 is 10.5 Å². The van der Waals surface area contributed by atoms with Gasteiger partial charge in [0.1, 0.15) is 0 Å². The molecule has 2 N–H and O–H groups in total. The number of rotatable bonds is 3. The molecule has 0 aromatic heterocycles. The molecule has 6 nitrogen and oxygen atoms in total. The molecule has 3 rings (SSSR count). The molecule has 0 saturated carbocycles. The average Bonchev–Trinajstić information content (AvgIpc) is 2.60. The Labute approximate surface area is 147 Å². The fourth-order valence-electron chi connectivity index (χ4n) is 3.05. The molecule has 132 valence electrons. The second kappa shape index (κ2) is 6.50. The molecule has 0 saturated heterocycles. The van der Waals surface area contributed by atoms with Crippen molar-refractivity contribution in [1.82, 2.24) is 0 Å². The average molecular weight is 360 g/mol. The van der Waals surface area contributed by atoms with Gasteiger partial charge in [-0.3, -0.25) is 4.31 Å². The lowest BCUT2D eigenvalue weighted by Gasteiger charge is -2.34. The summed E-state index contributed by atoms with van der Waals surface area (Å²) in [5.41, 5.74) is 8.35. The Morgan fingerprint density at radius 1 is 1.24 bits per heavy atom. The number of anilines is 1. The zero-order valence-electron chi connectivity index (χ0n) is 14.1. The van der Waals surface area contributed by atoms with Crippen molar-refractivity contribution in [2.24, 2.45) is 5.73 Å². The van der Waals surface area contributed by atoms with Crippen LogP contribution in [0.25, 0.3) is 0 Å². The first-order chi connectivity index (χ1) is 11.8. The number of para-hydroxylation sites is 1. The van der Waals surface area contributed by atoms with Crippen molar-refractivity contribution >= 4 is 21.7 Å². The summed E-state index contributed by atoms with van der Waals surface area (Å²) in [6.45, 7) is 1.89. The number of aryl methyl sites for hydroxylation is 1. The predicted octanol–water partition coefficient (Wildman–Crippen LogP) is 1.86. The van der Waals surface area contributed by atoms with Crippen LogP contribution in [0.2, 0.25) is 0 Å². The van der Waals surface area contributed by atoms with E-state index < -0.39 is 16.0 Å². The minimum absolute atomic E-state index is 0.0827. The molecule has 0 amide bonds. The third kappa shape index (κ3) is 3.12. The van der Waals surface area contributed by atoms with Crippen molar-refractivity contribution in [3.63, 3.8) is 0 Å². The normalized spacial score (nSPS) is 17.1. The molecule has 1 aliphatic heterocycles. The second-order valence-electron chi connectivity index (χ2n) is 6.10. The number of hydrogen-bond acceptors (Lipinski definition) is 5. The summed E-state index contributed by atoms with van der Waals surface area (Å²) in [6.07, 6.45) is 0.628. The van der Waals surface area contributed by atoms with Gasteiger partial charge >= 0.3 is 5.97 Å². The number of methoxy groups -OCH3 is 1. The van der Waals surface area contributed by atoms with E-state index in [1.165, 1.54) is 17.5 Å². The Hall–Kier alpha value is -2.38. The maximum Gasteiger partial charge on any atom is 0.337 e. The number of fused-ring (bicyclic) bond motifs is 1. The molecule has 25 heavy (non-hydrogen) atoms. The van der Waals surface area contributed by atoms with Crippen LogP contribution < -0.4 is 10.0 Å². The van der Waals surface area contributed by atoms with E-state index in [-0.39, 0.29) is 23.0 Å². The number of nitrogens with two attached hydrogens (primary N) is 1. The monoisotopic (exact) mass is 360 g/mol. The molecule has 1 atom stereocenters. The van der Waals surface area contributed by atoms with Crippen LogP contribution in [0.4, 0.5) is 5.69 Å². The highest BCUT2D eigenvalue weighted by Gasteiger charge is 2.33. The Morgan fingerprint density at radius 3 is 2.68 bits per heavy atom. The summed E-state index contributed by atoms with van der Waals surface area (Å²) in [6, 6.07) is 11.6. The van der Waals surface area contributed by atoms with Crippen molar-refractivity contribution in [3.8, 4) is 0 Å². The van der Waals surface area contributed by atoms with E-state index in [0.717, 1.165) is 5.56 Å². The van der Waals surface area contributed by atoms with Crippen molar-refractivity contribution in [1.29, 1.82) is 0 Å². The largest absolute Gasteiger partial charge is 0.465 e. The van der Waals surface area contributed by atoms with Gasteiger partial charge in [-0.15, -0.1) is 0 Å². The number of nitrogens with zero attached hydrogens (tertiary/aromatic N) is 1. The van der Waals surface area contributed by atoms with Gasteiger partial charge in [0.2, 0.25) is 0 Å². The molecule has 7 heteroatoms. The zero-order chi connectivity index (χ0) is 18.2. The Morgan fingerprint density at radius 2 is 1.96 bits per heavy atom. The first kappa shape index (κ1) is 17.4. The number of hydrogen-bond donors (Lipinski definition) is 1. The number of carbonyl (C=O) groups is 1. The van der Waals surface area contributed by atoms with Gasteiger partial charge in [-0.2, -0.15) is 0 Å². The van der Waals surface area contributed by atoms with Crippen LogP contribution in [0.3, 0.4) is 0 Å². The number of esters is 1. The van der Waals surface area contributed by atoms with Crippen molar-refractivity contribution in [3.05, 3.63) is 59.2 Å². The minimum atomic E-state index is -3.86. The van der Waals surface area contributed by atoms with Crippen LogP contribution in [-0.4, -0.2) is 34.1 Å². The molecule has 0 aliphatic carbocycles. The van der Waals surface area contributed by atoms with Crippen molar-refractivity contribution in [2.75, 3.05) is 18.0 Å². The minimum Gasteiger partial charge on any atom is -0.465 e. The van der Waals surface area contributed by atoms with E-state index in [0.29, 0.717) is 17.7 Å². The van der Waals surface area contributed by atoms with Gasteiger partial charge in [-0.05, 0) is 42.7 Å². The van der Waals surface area contributed by atoms with Gasteiger partial charge in [0.25, 0.3) is 10.0 Å². The van der Waals surface area contributed by atoms with Gasteiger partial charge in [-0.1, -0.05) is 24.3 Å². The van der Waals surface area contributed by atoms with E-state index in [2.05, 4.69) is 0 Å². The Balaban J connectivity index is 2.13. The molecule has 1 unspecified atom stereocenters. The summed E-state index contributed by atoms with van der Waals surface area (Å²) < 4.78 is 32.6. The third-order valence-corrected chi connectivity index (χ3v) is 6.24. The maximum absolute atomic E-state index is 13.3. The highest BCUT2D eigenvalue weighted by atomic mass is 32.2. The molecule has 0 spiro atoms. The molecular weight excluding hydrogens is 340 g/mol. The first-order valence-corrected chi connectivity index (χ1v) is 9.34. The fourth-order valence-corrected chi connectivity index (χ4v) is 4.87. The highest BCUT2D eigenvalue weighted by molar-refractivity contribution is 7.92. The summed E-state index contributed by atoms with van der Waals surface area (Å²) in [7, 11) is -2.60. The summed E-state index contributed by atoms with van der Waals surface area (Å²) >= 11 is 0. The van der Waals surface area contributed by atoms with Gasteiger partial charge in [-0.25, -0.2) is 13.2 Å². The summed E-state index contributed by atoms with van der Waals surface area (Å²) in [5, 5.41) is 0. The lowest BCUT2D eigenvalue weighted by atomic mass is 10.0. The van der Waals surface area contributed by atoms with Crippen LogP contribution in [0, 0.1) is 6.92 Å². The van der Waals surface area contributed by atoms with Crippen LogP contribution in [0.5, 0.6) is 0 Å². The van der Waals surface area contributed by atoms with Crippen LogP contribution in [0.1, 0.15) is 21.5 Å². The third-order valence-electron chi connectivity index (χ3n) is 4.32. The van der Waals surface area contributed by atoms with Gasteiger partial charge in [0.05, 0.1) is 23.3 Å². The molecule has 0 bridgehead atoms. The number of carbonyl (C=O) groups excluding carboxylic acids is 1. The van der Waals surface area contributed by atoms with Crippen LogP contribution in [-0.2, 0) is 21.2 Å².